The van der Waals surface area contributed by atoms with Crippen LogP contribution in [0, 0.1) is 5.92 Å². The van der Waals surface area contributed by atoms with E-state index in [1.165, 1.54) is 12.8 Å². The number of rotatable bonds is 1. The highest BCUT2D eigenvalue weighted by Crippen LogP contribution is 2.33. The first-order valence-electron chi connectivity index (χ1n) is 3.95. The van der Waals surface area contributed by atoms with E-state index in [9.17, 15) is 5.11 Å². The second-order valence-electron chi connectivity index (χ2n) is 3.56. The highest BCUT2D eigenvalue weighted by Gasteiger charge is 2.30. The minimum atomic E-state index is -0.391. The highest BCUT2D eigenvalue weighted by atomic mass is 79.9. The average molecular weight is 207 g/mol. The van der Waals surface area contributed by atoms with Crippen LogP contribution in [0.4, 0.5) is 0 Å². The molecule has 0 heterocycles. The molecule has 2 atom stereocenters. The van der Waals surface area contributed by atoms with Gasteiger partial charge in [0.05, 0.1) is 5.60 Å². The second-order valence-corrected chi connectivity index (χ2v) is 4.12. The van der Waals surface area contributed by atoms with Crippen LogP contribution >= 0.6 is 15.9 Å². The summed E-state index contributed by atoms with van der Waals surface area (Å²) < 4.78 is 0. The summed E-state index contributed by atoms with van der Waals surface area (Å²) in [6, 6.07) is 0. The van der Waals surface area contributed by atoms with E-state index in [4.69, 9.17) is 0 Å². The SMILES string of the molecule is C[C@H]1CCC[C@](O)(CBr)C1. The van der Waals surface area contributed by atoms with Crippen LogP contribution in [-0.2, 0) is 0 Å². The lowest BCUT2D eigenvalue weighted by Gasteiger charge is -2.33. The van der Waals surface area contributed by atoms with Gasteiger partial charge in [0.25, 0.3) is 0 Å². The van der Waals surface area contributed by atoms with Gasteiger partial charge in [-0.1, -0.05) is 35.7 Å². The van der Waals surface area contributed by atoms with Crippen molar-refractivity contribution in [3.63, 3.8) is 0 Å². The Kier molecular flexibility index (Phi) is 2.75. The number of alkyl halides is 1. The third-order valence-corrected chi connectivity index (χ3v) is 3.36. The van der Waals surface area contributed by atoms with Crippen LogP contribution in [0.25, 0.3) is 0 Å². The van der Waals surface area contributed by atoms with E-state index in [0.717, 1.165) is 18.2 Å². The molecule has 1 rings (SSSR count). The Morgan fingerprint density at radius 3 is 2.80 bits per heavy atom. The summed E-state index contributed by atoms with van der Waals surface area (Å²) in [5, 5.41) is 10.5. The molecule has 2 heteroatoms. The smallest absolute Gasteiger partial charge is 0.0746 e. The maximum absolute atomic E-state index is 9.80. The molecule has 0 saturated heterocycles. The molecular formula is C8H15BrO. The van der Waals surface area contributed by atoms with Gasteiger partial charge in [0.15, 0.2) is 0 Å². The molecule has 0 bridgehead atoms. The molecule has 1 fully saturated rings. The largest absolute Gasteiger partial charge is 0.389 e. The quantitative estimate of drug-likeness (QED) is 0.654. The summed E-state index contributed by atoms with van der Waals surface area (Å²) in [6.45, 7) is 2.22. The van der Waals surface area contributed by atoms with E-state index < -0.39 is 5.60 Å². The summed E-state index contributed by atoms with van der Waals surface area (Å²) in [5.74, 6) is 0.705. The first-order valence-corrected chi connectivity index (χ1v) is 5.07. The van der Waals surface area contributed by atoms with Gasteiger partial charge in [-0.15, -0.1) is 0 Å². The lowest BCUT2D eigenvalue weighted by atomic mass is 9.80. The molecule has 1 aliphatic carbocycles. The highest BCUT2D eigenvalue weighted by molar-refractivity contribution is 9.09. The summed E-state index contributed by atoms with van der Waals surface area (Å²) in [6.07, 6.45) is 4.42. The first-order chi connectivity index (χ1) is 4.66. The summed E-state index contributed by atoms with van der Waals surface area (Å²) in [7, 11) is 0. The Bertz CT molecular complexity index is 116. The molecule has 0 unspecified atom stereocenters. The van der Waals surface area contributed by atoms with Crippen LogP contribution in [-0.4, -0.2) is 16.0 Å². The molecule has 1 N–H and O–H groups in total. The third kappa shape index (κ3) is 1.96. The average Bonchev–Trinajstić information content (AvgIpc) is 1.88. The number of halogens is 1. The fourth-order valence-corrected chi connectivity index (χ4v) is 2.26. The summed E-state index contributed by atoms with van der Waals surface area (Å²) in [5.41, 5.74) is -0.391. The van der Waals surface area contributed by atoms with E-state index >= 15 is 0 Å². The van der Waals surface area contributed by atoms with Crippen LogP contribution in [0.5, 0.6) is 0 Å². The van der Waals surface area contributed by atoms with E-state index in [1.807, 2.05) is 0 Å². The van der Waals surface area contributed by atoms with Gasteiger partial charge in [0.2, 0.25) is 0 Å². The Morgan fingerprint density at radius 2 is 2.40 bits per heavy atom. The minimum Gasteiger partial charge on any atom is -0.389 e. The zero-order valence-electron chi connectivity index (χ0n) is 6.44. The standard InChI is InChI=1S/C8H15BrO/c1-7-3-2-4-8(10,5-7)6-9/h7,10H,2-6H2,1H3/t7-,8+/m0/s1. The van der Waals surface area contributed by atoms with Crippen molar-refractivity contribution in [1.29, 1.82) is 0 Å². The van der Waals surface area contributed by atoms with Crippen molar-refractivity contribution in [3.05, 3.63) is 0 Å². The van der Waals surface area contributed by atoms with Gasteiger partial charge in [-0.25, -0.2) is 0 Å². The van der Waals surface area contributed by atoms with Crippen LogP contribution in [0.15, 0.2) is 0 Å². The first kappa shape index (κ1) is 8.54. The maximum atomic E-state index is 9.80. The molecule has 10 heavy (non-hydrogen) atoms. The fourth-order valence-electron chi connectivity index (χ4n) is 1.75. The van der Waals surface area contributed by atoms with Crippen molar-refractivity contribution in [1.82, 2.24) is 0 Å². The van der Waals surface area contributed by atoms with Gasteiger partial charge < -0.3 is 5.11 Å². The predicted octanol–water partition coefficient (Wildman–Crippen LogP) is 2.32. The fraction of sp³-hybridized carbons (Fsp3) is 1.00. The lowest BCUT2D eigenvalue weighted by Crippen LogP contribution is -2.35. The zero-order chi connectivity index (χ0) is 7.61. The van der Waals surface area contributed by atoms with Crippen molar-refractivity contribution >= 4 is 15.9 Å². The molecule has 1 saturated carbocycles. The van der Waals surface area contributed by atoms with E-state index in [2.05, 4.69) is 22.9 Å². The minimum absolute atomic E-state index is 0.391. The van der Waals surface area contributed by atoms with Crippen molar-refractivity contribution in [2.45, 2.75) is 38.2 Å². The van der Waals surface area contributed by atoms with Crippen molar-refractivity contribution in [2.75, 3.05) is 5.33 Å². The predicted molar refractivity (Wildman–Crippen MR) is 46.4 cm³/mol. The Balaban J connectivity index is 2.45. The van der Waals surface area contributed by atoms with Crippen LogP contribution in [0.3, 0.4) is 0 Å². The third-order valence-electron chi connectivity index (χ3n) is 2.32. The van der Waals surface area contributed by atoms with Crippen molar-refractivity contribution in [3.8, 4) is 0 Å². The van der Waals surface area contributed by atoms with Crippen LogP contribution in [0.2, 0.25) is 0 Å². The van der Waals surface area contributed by atoms with E-state index in [0.29, 0.717) is 5.92 Å². The van der Waals surface area contributed by atoms with Gasteiger partial charge >= 0.3 is 0 Å². The van der Waals surface area contributed by atoms with Crippen LogP contribution < -0.4 is 0 Å². The zero-order valence-corrected chi connectivity index (χ0v) is 8.02. The molecule has 60 valence electrons. The molecule has 0 amide bonds. The number of hydrogen-bond donors (Lipinski definition) is 1. The normalized spacial score (nSPS) is 41.7. The maximum Gasteiger partial charge on any atom is 0.0746 e. The Morgan fingerprint density at radius 1 is 1.70 bits per heavy atom. The van der Waals surface area contributed by atoms with Gasteiger partial charge in [0, 0.05) is 5.33 Å². The molecule has 0 aromatic heterocycles. The summed E-state index contributed by atoms with van der Waals surface area (Å²) in [4.78, 5) is 0. The topological polar surface area (TPSA) is 20.2 Å². The summed E-state index contributed by atoms with van der Waals surface area (Å²) >= 11 is 3.34. The molecule has 0 spiro atoms. The molecule has 0 aromatic carbocycles. The van der Waals surface area contributed by atoms with Gasteiger partial charge in [-0.2, -0.15) is 0 Å². The number of hydrogen-bond acceptors (Lipinski definition) is 1. The number of aliphatic hydroxyl groups is 1. The Hall–Kier alpha value is 0.440. The molecular weight excluding hydrogens is 192 g/mol. The van der Waals surface area contributed by atoms with E-state index in [1.54, 1.807) is 0 Å². The molecule has 0 radical (unpaired) electrons. The lowest BCUT2D eigenvalue weighted by molar-refractivity contribution is 0.0102. The van der Waals surface area contributed by atoms with Crippen molar-refractivity contribution in [2.24, 2.45) is 5.92 Å². The van der Waals surface area contributed by atoms with Gasteiger partial charge in [-0.3, -0.25) is 0 Å². The molecule has 0 aromatic rings. The molecule has 1 aliphatic rings. The van der Waals surface area contributed by atoms with Crippen molar-refractivity contribution < 1.29 is 5.11 Å². The molecule has 1 nitrogen and oxygen atoms in total. The molecule has 0 aliphatic heterocycles. The Labute approximate surface area is 70.9 Å². The van der Waals surface area contributed by atoms with Gasteiger partial charge in [-0.05, 0) is 18.8 Å². The second kappa shape index (κ2) is 3.22. The van der Waals surface area contributed by atoms with Gasteiger partial charge in [0.1, 0.15) is 0 Å². The van der Waals surface area contributed by atoms with Crippen LogP contribution in [0.1, 0.15) is 32.6 Å². The monoisotopic (exact) mass is 206 g/mol. The van der Waals surface area contributed by atoms with E-state index in [-0.39, 0.29) is 0 Å².